The first-order chi connectivity index (χ1) is 8.90. The number of hydrogen-bond acceptors (Lipinski definition) is 7. The highest BCUT2D eigenvalue weighted by Gasteiger charge is 2.60. The monoisotopic (exact) mass is 278 g/mol. The number of hydrogen-bond donors (Lipinski definition) is 1. The highest BCUT2D eigenvalue weighted by Crippen LogP contribution is 2.41. The van der Waals surface area contributed by atoms with E-state index in [4.69, 9.17) is 28.4 Å². The minimum Gasteiger partial charge on any atom is -0.385 e. The molecule has 0 aliphatic carbocycles. The molecule has 7 nitrogen and oxygen atoms in total. The van der Waals surface area contributed by atoms with Gasteiger partial charge in [-0.3, -0.25) is 0 Å². The van der Waals surface area contributed by atoms with E-state index in [-0.39, 0.29) is 6.61 Å². The molecule has 0 aromatic rings. The second kappa shape index (κ2) is 5.25. The maximum absolute atomic E-state index is 10.2. The summed E-state index contributed by atoms with van der Waals surface area (Å²) in [6.07, 6.45) is -2.75. The first-order valence-corrected chi connectivity index (χ1v) is 6.19. The summed E-state index contributed by atoms with van der Waals surface area (Å²) in [7, 11) is 4.48. The fraction of sp³-hybridized carbons (Fsp3) is 1.00. The molecule has 0 amide bonds. The lowest BCUT2D eigenvalue weighted by Crippen LogP contribution is -2.70. The average Bonchev–Trinajstić information content (AvgIpc) is 2.41. The molecule has 0 aromatic carbocycles. The highest BCUT2D eigenvalue weighted by atomic mass is 16.8. The second-order valence-electron chi connectivity index (χ2n) is 4.97. The molecule has 0 radical (unpaired) electrons. The van der Waals surface area contributed by atoms with Gasteiger partial charge in [-0.25, -0.2) is 0 Å². The lowest BCUT2D eigenvalue weighted by Gasteiger charge is -2.54. The van der Waals surface area contributed by atoms with Crippen LogP contribution in [0, 0.1) is 0 Å². The lowest BCUT2D eigenvalue weighted by atomic mass is 9.98. The summed E-state index contributed by atoms with van der Waals surface area (Å²) >= 11 is 0. The molecule has 1 N–H and O–H groups in total. The third kappa shape index (κ3) is 2.29. The van der Waals surface area contributed by atoms with Crippen molar-refractivity contribution in [2.75, 3.05) is 27.9 Å². The molecule has 2 aliphatic heterocycles. The molecule has 0 unspecified atom stereocenters. The molecule has 6 atom stereocenters. The number of rotatable bonds is 3. The van der Waals surface area contributed by atoms with Crippen LogP contribution in [0.1, 0.15) is 13.8 Å². The van der Waals surface area contributed by atoms with Crippen LogP contribution in [0.4, 0.5) is 0 Å². The van der Waals surface area contributed by atoms with Crippen molar-refractivity contribution in [1.29, 1.82) is 0 Å². The van der Waals surface area contributed by atoms with Gasteiger partial charge in [0.25, 0.3) is 0 Å². The van der Waals surface area contributed by atoms with Crippen molar-refractivity contribution < 1.29 is 33.5 Å². The van der Waals surface area contributed by atoms with Gasteiger partial charge in [-0.05, 0) is 13.8 Å². The number of fused-ring (bicyclic) bond motifs is 1. The van der Waals surface area contributed by atoms with Gasteiger partial charge in [-0.15, -0.1) is 0 Å². The predicted octanol–water partition coefficient (Wildman–Crippen LogP) is -0.141. The van der Waals surface area contributed by atoms with E-state index in [1.807, 2.05) is 0 Å². The summed E-state index contributed by atoms with van der Waals surface area (Å²) in [6, 6.07) is 0. The molecular weight excluding hydrogens is 256 g/mol. The Labute approximate surface area is 112 Å². The quantitative estimate of drug-likeness (QED) is 0.770. The molecule has 0 bridgehead atoms. The average molecular weight is 278 g/mol. The molecule has 2 saturated heterocycles. The summed E-state index contributed by atoms with van der Waals surface area (Å²) in [5.41, 5.74) is 0. The van der Waals surface area contributed by atoms with E-state index in [0.717, 1.165) is 0 Å². The normalized spacial score (nSPS) is 50.8. The maximum Gasteiger partial charge on any atom is 0.220 e. The number of ether oxygens (including phenoxy) is 6. The maximum atomic E-state index is 10.2. The molecule has 0 aromatic heterocycles. The van der Waals surface area contributed by atoms with E-state index >= 15 is 0 Å². The summed E-state index contributed by atoms with van der Waals surface area (Å²) in [5, 5.41) is 10.2. The second-order valence-corrected chi connectivity index (χ2v) is 4.97. The van der Waals surface area contributed by atoms with Crippen LogP contribution in [-0.2, 0) is 28.4 Å². The largest absolute Gasteiger partial charge is 0.385 e. The van der Waals surface area contributed by atoms with Crippen molar-refractivity contribution >= 4 is 0 Å². The van der Waals surface area contributed by atoms with Gasteiger partial charge in [0.05, 0.1) is 6.61 Å². The first-order valence-electron chi connectivity index (χ1n) is 6.19. The van der Waals surface area contributed by atoms with Gasteiger partial charge in [-0.1, -0.05) is 0 Å². The van der Waals surface area contributed by atoms with Gasteiger partial charge < -0.3 is 33.5 Å². The molecule has 19 heavy (non-hydrogen) atoms. The smallest absolute Gasteiger partial charge is 0.220 e. The molecule has 0 spiro atoms. The van der Waals surface area contributed by atoms with Crippen LogP contribution in [0.2, 0.25) is 0 Å². The highest BCUT2D eigenvalue weighted by molar-refractivity contribution is 4.96. The Bertz CT molecular complexity index is 325. The Hall–Kier alpha value is -0.280. The minimum atomic E-state index is -1.14. The van der Waals surface area contributed by atoms with Gasteiger partial charge in [0.1, 0.15) is 18.3 Å². The van der Waals surface area contributed by atoms with Crippen molar-refractivity contribution in [3.8, 4) is 0 Å². The molecule has 7 heteroatoms. The van der Waals surface area contributed by atoms with Crippen molar-refractivity contribution in [2.45, 2.75) is 50.0 Å². The summed E-state index contributed by atoms with van der Waals surface area (Å²) in [4.78, 5) is 0. The van der Waals surface area contributed by atoms with Gasteiger partial charge in [-0.2, -0.15) is 0 Å². The van der Waals surface area contributed by atoms with Crippen molar-refractivity contribution in [3.63, 3.8) is 0 Å². The molecule has 2 aliphatic rings. The van der Waals surface area contributed by atoms with Crippen molar-refractivity contribution in [1.82, 2.24) is 0 Å². The summed E-state index contributed by atoms with van der Waals surface area (Å²) in [6.45, 7) is 3.68. The molecule has 2 fully saturated rings. The third-order valence-electron chi connectivity index (χ3n) is 3.98. The van der Waals surface area contributed by atoms with Crippen LogP contribution in [0.5, 0.6) is 0 Å². The van der Waals surface area contributed by atoms with Crippen LogP contribution in [0.15, 0.2) is 0 Å². The Morgan fingerprint density at radius 3 is 2.16 bits per heavy atom. The van der Waals surface area contributed by atoms with Gasteiger partial charge in [0.15, 0.2) is 6.29 Å². The van der Waals surface area contributed by atoms with E-state index in [1.54, 1.807) is 13.8 Å². The molecule has 112 valence electrons. The molecule has 2 heterocycles. The van der Waals surface area contributed by atoms with Crippen LogP contribution in [-0.4, -0.2) is 69.2 Å². The van der Waals surface area contributed by atoms with Gasteiger partial charge in [0, 0.05) is 21.3 Å². The number of aliphatic hydroxyl groups excluding tert-OH is 1. The molecular formula is C12H22O7. The first kappa shape index (κ1) is 15.1. The molecule has 0 saturated carbocycles. The van der Waals surface area contributed by atoms with E-state index in [1.165, 1.54) is 21.3 Å². The SMILES string of the molecule is CO[C@H]1OC[C@H]2O[C@](C)(OC)[C@@](C)(OC)O[C@@H]2[C@H]1O. The van der Waals surface area contributed by atoms with Crippen LogP contribution < -0.4 is 0 Å². The fourth-order valence-corrected chi connectivity index (χ4v) is 2.44. The van der Waals surface area contributed by atoms with E-state index < -0.39 is 36.2 Å². The topological polar surface area (TPSA) is 75.6 Å². The predicted molar refractivity (Wildman–Crippen MR) is 63.3 cm³/mol. The Balaban J connectivity index is 2.23. The Morgan fingerprint density at radius 2 is 1.63 bits per heavy atom. The Kier molecular flexibility index (Phi) is 4.18. The number of aliphatic hydroxyl groups is 1. The zero-order valence-electron chi connectivity index (χ0n) is 11.9. The van der Waals surface area contributed by atoms with Crippen LogP contribution >= 0.6 is 0 Å². The number of methoxy groups -OCH3 is 3. The lowest BCUT2D eigenvalue weighted by molar-refractivity contribution is -0.471. The van der Waals surface area contributed by atoms with Crippen LogP contribution in [0.3, 0.4) is 0 Å². The third-order valence-corrected chi connectivity index (χ3v) is 3.98. The molecule has 2 rings (SSSR count). The zero-order chi connectivity index (χ0) is 14.3. The van der Waals surface area contributed by atoms with Crippen LogP contribution in [0.25, 0.3) is 0 Å². The van der Waals surface area contributed by atoms with Crippen molar-refractivity contribution in [3.05, 3.63) is 0 Å². The standard InChI is InChI=1S/C12H22O7/c1-11(15-4)12(2,16-5)19-9-7(18-11)6-17-10(14-3)8(9)13/h7-10,13H,6H2,1-5H3/t7-,8-,9+,10+,11+,12+/m1/s1. The van der Waals surface area contributed by atoms with Crippen molar-refractivity contribution in [2.24, 2.45) is 0 Å². The van der Waals surface area contributed by atoms with Gasteiger partial charge >= 0.3 is 0 Å². The van der Waals surface area contributed by atoms with Gasteiger partial charge in [0.2, 0.25) is 11.6 Å². The minimum absolute atomic E-state index is 0.249. The summed E-state index contributed by atoms with van der Waals surface area (Å²) in [5.74, 6) is -2.23. The zero-order valence-corrected chi connectivity index (χ0v) is 11.9. The van der Waals surface area contributed by atoms with E-state index in [9.17, 15) is 5.11 Å². The Morgan fingerprint density at radius 1 is 1.05 bits per heavy atom. The summed E-state index contributed by atoms with van der Waals surface area (Å²) < 4.78 is 33.0. The van der Waals surface area contributed by atoms with E-state index in [2.05, 4.69) is 0 Å². The van der Waals surface area contributed by atoms with E-state index in [0.29, 0.717) is 0 Å². The fourth-order valence-electron chi connectivity index (χ4n) is 2.44.